The Morgan fingerprint density at radius 3 is 2.67 bits per heavy atom. The van der Waals surface area contributed by atoms with Crippen molar-refractivity contribution in [2.24, 2.45) is 5.92 Å². The lowest BCUT2D eigenvalue weighted by Crippen LogP contribution is -2.15. The van der Waals surface area contributed by atoms with Crippen molar-refractivity contribution in [3.05, 3.63) is 40.9 Å². The van der Waals surface area contributed by atoms with Gasteiger partial charge in [-0.05, 0) is 11.5 Å². The number of carbonyl (C=O) groups excluding carboxylic acids is 1. The molecule has 0 aliphatic heterocycles. The Morgan fingerprint density at radius 2 is 2.00 bits per heavy atom. The summed E-state index contributed by atoms with van der Waals surface area (Å²) in [6.07, 6.45) is 0.0396. The summed E-state index contributed by atoms with van der Waals surface area (Å²) >= 11 is 1.38. The topological polar surface area (TPSA) is 75.1 Å². The number of nitrogens with zero attached hydrogens (tertiary/aromatic N) is 2. The van der Waals surface area contributed by atoms with Crippen LogP contribution in [-0.4, -0.2) is 21.2 Å². The van der Waals surface area contributed by atoms with E-state index in [2.05, 4.69) is 29.4 Å². The summed E-state index contributed by atoms with van der Waals surface area (Å²) in [6.45, 7) is 4.21. The number of aromatic nitrogens is 2. The van der Waals surface area contributed by atoms with E-state index in [0.29, 0.717) is 11.0 Å². The van der Waals surface area contributed by atoms with Crippen molar-refractivity contribution in [3.63, 3.8) is 0 Å². The van der Waals surface area contributed by atoms with E-state index in [1.807, 2.05) is 18.2 Å². The van der Waals surface area contributed by atoms with Crippen LogP contribution < -0.4 is 5.32 Å². The first-order valence-corrected chi connectivity index (χ1v) is 7.71. The van der Waals surface area contributed by atoms with Gasteiger partial charge in [0.05, 0.1) is 12.5 Å². The highest BCUT2D eigenvalue weighted by Crippen LogP contribution is 2.20. The van der Waals surface area contributed by atoms with E-state index in [-0.39, 0.29) is 12.3 Å². The maximum absolute atomic E-state index is 11.9. The van der Waals surface area contributed by atoms with Crippen LogP contribution in [0.5, 0.6) is 0 Å². The molecule has 0 aliphatic rings. The standard InChI is InChI=1S/C15H19N3O2S/c1-10(2)8-14-17-18-15(21-14)16-13(20)9-12(19)11-6-4-3-5-7-11/h3-7,10,12,19H,8-9H2,1-2H3,(H,16,18,20). The first-order valence-electron chi connectivity index (χ1n) is 6.90. The monoisotopic (exact) mass is 305 g/mol. The number of nitrogens with one attached hydrogen (secondary N) is 1. The Hall–Kier alpha value is -1.79. The van der Waals surface area contributed by atoms with Crippen LogP contribution in [0.25, 0.3) is 0 Å². The maximum Gasteiger partial charge on any atom is 0.229 e. The van der Waals surface area contributed by atoms with Gasteiger partial charge in [0.25, 0.3) is 0 Å². The minimum Gasteiger partial charge on any atom is -0.388 e. The third kappa shape index (κ3) is 4.91. The third-order valence-corrected chi connectivity index (χ3v) is 3.72. The zero-order valence-electron chi connectivity index (χ0n) is 12.1. The van der Waals surface area contributed by atoms with Gasteiger partial charge in [-0.2, -0.15) is 0 Å². The molecule has 2 aromatic rings. The highest BCUT2D eigenvalue weighted by molar-refractivity contribution is 7.15. The van der Waals surface area contributed by atoms with E-state index >= 15 is 0 Å². The van der Waals surface area contributed by atoms with Crippen LogP contribution in [0.4, 0.5) is 5.13 Å². The lowest BCUT2D eigenvalue weighted by Gasteiger charge is -2.09. The molecular formula is C15H19N3O2S. The van der Waals surface area contributed by atoms with Gasteiger partial charge >= 0.3 is 0 Å². The number of hydrogen-bond donors (Lipinski definition) is 2. The molecule has 1 heterocycles. The van der Waals surface area contributed by atoms with Crippen LogP contribution in [0.1, 0.15) is 36.9 Å². The minimum atomic E-state index is -0.811. The Kier molecular flexibility index (Phi) is 5.41. The number of rotatable bonds is 6. The van der Waals surface area contributed by atoms with Crippen molar-refractivity contribution >= 4 is 22.4 Å². The zero-order valence-corrected chi connectivity index (χ0v) is 12.9. The molecular weight excluding hydrogens is 286 g/mol. The Morgan fingerprint density at radius 1 is 1.29 bits per heavy atom. The number of amides is 1. The van der Waals surface area contributed by atoms with Gasteiger partial charge in [0.15, 0.2) is 0 Å². The molecule has 1 aromatic heterocycles. The second kappa shape index (κ2) is 7.28. The highest BCUT2D eigenvalue weighted by Gasteiger charge is 2.14. The van der Waals surface area contributed by atoms with Crippen LogP contribution in [0.3, 0.4) is 0 Å². The molecule has 21 heavy (non-hydrogen) atoms. The molecule has 5 nitrogen and oxygen atoms in total. The van der Waals surface area contributed by atoms with Gasteiger partial charge in [0.2, 0.25) is 11.0 Å². The SMILES string of the molecule is CC(C)Cc1nnc(NC(=O)CC(O)c2ccccc2)s1. The highest BCUT2D eigenvalue weighted by atomic mass is 32.1. The average Bonchev–Trinajstić information content (AvgIpc) is 2.85. The van der Waals surface area contributed by atoms with Gasteiger partial charge in [-0.3, -0.25) is 4.79 Å². The fourth-order valence-electron chi connectivity index (χ4n) is 1.87. The molecule has 1 unspecified atom stereocenters. The Balaban J connectivity index is 1.88. The second-order valence-electron chi connectivity index (χ2n) is 5.28. The lowest BCUT2D eigenvalue weighted by molar-refractivity contribution is -0.118. The van der Waals surface area contributed by atoms with Crippen LogP contribution >= 0.6 is 11.3 Å². The lowest BCUT2D eigenvalue weighted by atomic mass is 10.1. The van der Waals surface area contributed by atoms with E-state index in [1.54, 1.807) is 12.1 Å². The molecule has 0 saturated heterocycles. The summed E-state index contributed by atoms with van der Waals surface area (Å²) < 4.78 is 0. The molecule has 0 spiro atoms. The number of aliphatic hydroxyl groups excluding tert-OH is 1. The van der Waals surface area contributed by atoms with E-state index in [9.17, 15) is 9.90 Å². The fraction of sp³-hybridized carbons (Fsp3) is 0.400. The molecule has 1 aromatic carbocycles. The van der Waals surface area contributed by atoms with Crippen molar-refractivity contribution in [1.29, 1.82) is 0 Å². The van der Waals surface area contributed by atoms with E-state index in [1.165, 1.54) is 11.3 Å². The molecule has 0 radical (unpaired) electrons. The summed E-state index contributed by atoms with van der Waals surface area (Å²) in [6, 6.07) is 9.12. The van der Waals surface area contributed by atoms with Gasteiger partial charge in [-0.1, -0.05) is 55.5 Å². The van der Waals surface area contributed by atoms with Gasteiger partial charge in [0, 0.05) is 6.42 Å². The van der Waals surface area contributed by atoms with E-state index < -0.39 is 6.10 Å². The van der Waals surface area contributed by atoms with Crippen molar-refractivity contribution in [1.82, 2.24) is 10.2 Å². The molecule has 0 bridgehead atoms. The molecule has 0 fully saturated rings. The van der Waals surface area contributed by atoms with Crippen LogP contribution in [0, 0.1) is 5.92 Å². The molecule has 0 aliphatic carbocycles. The molecule has 6 heteroatoms. The summed E-state index contributed by atoms with van der Waals surface area (Å²) in [5.41, 5.74) is 0.727. The molecule has 2 N–H and O–H groups in total. The quantitative estimate of drug-likeness (QED) is 0.860. The van der Waals surface area contributed by atoms with E-state index in [0.717, 1.165) is 17.0 Å². The van der Waals surface area contributed by atoms with E-state index in [4.69, 9.17) is 0 Å². The van der Waals surface area contributed by atoms with Crippen molar-refractivity contribution < 1.29 is 9.90 Å². The number of hydrogen-bond acceptors (Lipinski definition) is 5. The summed E-state index contributed by atoms with van der Waals surface area (Å²) in [5.74, 6) is 0.236. The number of aliphatic hydroxyl groups is 1. The normalized spacial score (nSPS) is 12.4. The molecule has 112 valence electrons. The number of benzene rings is 1. The number of carbonyl (C=O) groups is 1. The molecule has 2 rings (SSSR count). The summed E-state index contributed by atoms with van der Waals surface area (Å²) in [7, 11) is 0. The molecule has 1 amide bonds. The predicted octanol–water partition coefficient (Wildman–Crippen LogP) is 2.80. The van der Waals surface area contributed by atoms with Gasteiger partial charge in [-0.15, -0.1) is 10.2 Å². The second-order valence-corrected chi connectivity index (χ2v) is 6.34. The Labute approximate surface area is 128 Å². The first kappa shape index (κ1) is 15.6. The number of anilines is 1. The predicted molar refractivity (Wildman–Crippen MR) is 83.1 cm³/mol. The fourth-order valence-corrected chi connectivity index (χ4v) is 2.84. The molecule has 1 atom stereocenters. The third-order valence-electron chi connectivity index (χ3n) is 2.86. The smallest absolute Gasteiger partial charge is 0.229 e. The average molecular weight is 305 g/mol. The largest absolute Gasteiger partial charge is 0.388 e. The van der Waals surface area contributed by atoms with Crippen molar-refractivity contribution in [2.45, 2.75) is 32.8 Å². The van der Waals surface area contributed by atoms with Crippen LogP contribution in [-0.2, 0) is 11.2 Å². The van der Waals surface area contributed by atoms with Gasteiger partial charge in [0.1, 0.15) is 5.01 Å². The van der Waals surface area contributed by atoms with Crippen LogP contribution in [0.15, 0.2) is 30.3 Å². The van der Waals surface area contributed by atoms with Crippen molar-refractivity contribution in [2.75, 3.05) is 5.32 Å². The van der Waals surface area contributed by atoms with Gasteiger partial charge in [-0.25, -0.2) is 0 Å². The summed E-state index contributed by atoms with van der Waals surface area (Å²) in [5, 5.41) is 22.1. The first-order chi connectivity index (χ1) is 10.0. The minimum absolute atomic E-state index is 0.00308. The summed E-state index contributed by atoms with van der Waals surface area (Å²) in [4.78, 5) is 11.9. The molecule has 0 saturated carbocycles. The maximum atomic E-state index is 11.9. The van der Waals surface area contributed by atoms with Crippen LogP contribution in [0.2, 0.25) is 0 Å². The Bertz CT molecular complexity index is 584. The van der Waals surface area contributed by atoms with Gasteiger partial charge < -0.3 is 10.4 Å². The van der Waals surface area contributed by atoms with Crippen molar-refractivity contribution in [3.8, 4) is 0 Å². The zero-order chi connectivity index (χ0) is 15.2.